The molecule has 0 spiro atoms. The number of rotatable bonds is 4. The van der Waals surface area contributed by atoms with Crippen molar-refractivity contribution in [3.8, 4) is 5.75 Å². The predicted molar refractivity (Wildman–Crippen MR) is 94.0 cm³/mol. The summed E-state index contributed by atoms with van der Waals surface area (Å²) in [5, 5.41) is 19.1. The summed E-state index contributed by atoms with van der Waals surface area (Å²) in [5.74, 6) is -0.244. The Labute approximate surface area is 154 Å². The van der Waals surface area contributed by atoms with Crippen molar-refractivity contribution in [1.82, 2.24) is 9.13 Å². The van der Waals surface area contributed by atoms with E-state index in [0.29, 0.717) is 10.3 Å². The van der Waals surface area contributed by atoms with Gasteiger partial charge in [-0.05, 0) is 31.2 Å². The number of nitrogens with zero attached hydrogens (tertiary/aromatic N) is 2. The van der Waals surface area contributed by atoms with Gasteiger partial charge >= 0.3 is 5.69 Å². The first-order valence-electron chi connectivity index (χ1n) is 8.35. The molecule has 27 heavy (non-hydrogen) atoms. The van der Waals surface area contributed by atoms with Crippen LogP contribution in [0.25, 0.3) is 0 Å². The highest BCUT2D eigenvalue weighted by atomic mass is 16.5. The largest absolute Gasteiger partial charge is 0.497 e. The van der Waals surface area contributed by atoms with Crippen molar-refractivity contribution in [2.75, 3.05) is 13.7 Å². The first-order valence-corrected chi connectivity index (χ1v) is 8.35. The summed E-state index contributed by atoms with van der Waals surface area (Å²) in [5.41, 5.74) is -1.29. The molecule has 0 bridgehead atoms. The molecule has 0 saturated carbocycles. The zero-order valence-electron chi connectivity index (χ0n) is 14.9. The van der Waals surface area contributed by atoms with Crippen LogP contribution in [-0.4, -0.2) is 51.2 Å². The maximum Gasteiger partial charge on any atom is 0.340 e. The summed E-state index contributed by atoms with van der Waals surface area (Å²) in [6.07, 6.45) is -1.33. The smallest absolute Gasteiger partial charge is 0.340 e. The number of aliphatic hydroxyl groups is 2. The second-order valence-electron chi connectivity index (χ2n) is 6.29. The van der Waals surface area contributed by atoms with Gasteiger partial charge in [-0.25, -0.2) is 4.79 Å². The first-order chi connectivity index (χ1) is 12.9. The Morgan fingerprint density at radius 1 is 1.30 bits per heavy atom. The molecule has 2 aromatic rings. The predicted octanol–water partition coefficient (Wildman–Crippen LogP) is -0.344. The maximum atomic E-state index is 12.8. The van der Waals surface area contributed by atoms with Crippen LogP contribution in [0.3, 0.4) is 0 Å². The standard InChI is InChI=1S/C18H20N2O7/c1-10-8-19(15-7-13(22)14(9-21)27-15)18(25)20(16(10)23)17(24)11-3-5-12(26-2)6-4-11/h3-6,8,13-15,21-22H,7,9H2,1-2H3/t13-,14+,15+/m0/s1. The van der Waals surface area contributed by atoms with E-state index in [2.05, 4.69) is 0 Å². The van der Waals surface area contributed by atoms with E-state index < -0.39 is 42.2 Å². The SMILES string of the molecule is COc1ccc(C(=O)n2c(=O)c(C)cn([C@H]3C[C@H](O)[C@@H](CO)O3)c2=O)cc1. The molecule has 3 rings (SSSR count). The number of carbonyl (C=O) groups is 1. The lowest BCUT2D eigenvalue weighted by Gasteiger charge is -2.17. The highest BCUT2D eigenvalue weighted by Gasteiger charge is 2.35. The van der Waals surface area contributed by atoms with Crippen LogP contribution in [0.5, 0.6) is 5.75 Å². The molecule has 1 aromatic heterocycles. The van der Waals surface area contributed by atoms with E-state index in [4.69, 9.17) is 9.47 Å². The van der Waals surface area contributed by atoms with Crippen molar-refractivity contribution >= 4 is 5.91 Å². The molecule has 2 heterocycles. The number of aromatic nitrogens is 2. The molecular formula is C18H20N2O7. The molecule has 144 valence electrons. The Morgan fingerprint density at radius 2 is 1.96 bits per heavy atom. The average Bonchev–Trinajstić information content (AvgIpc) is 3.05. The molecule has 1 aliphatic heterocycles. The summed E-state index contributed by atoms with van der Waals surface area (Å²) in [6, 6.07) is 6.01. The fraction of sp³-hybridized carbons (Fsp3) is 0.389. The molecule has 0 radical (unpaired) electrons. The second kappa shape index (κ2) is 7.47. The molecule has 0 amide bonds. The van der Waals surface area contributed by atoms with E-state index >= 15 is 0 Å². The van der Waals surface area contributed by atoms with E-state index in [1.54, 1.807) is 12.1 Å². The minimum Gasteiger partial charge on any atom is -0.497 e. The van der Waals surface area contributed by atoms with Crippen LogP contribution >= 0.6 is 0 Å². The Bertz CT molecular complexity index is 961. The van der Waals surface area contributed by atoms with E-state index in [-0.39, 0.29) is 17.5 Å². The molecule has 9 nitrogen and oxygen atoms in total. The molecule has 1 aromatic carbocycles. The monoisotopic (exact) mass is 376 g/mol. The second-order valence-corrected chi connectivity index (χ2v) is 6.29. The fourth-order valence-corrected chi connectivity index (χ4v) is 3.00. The summed E-state index contributed by atoms with van der Waals surface area (Å²) < 4.78 is 12.1. The molecule has 1 fully saturated rings. The maximum absolute atomic E-state index is 12.8. The summed E-state index contributed by atoms with van der Waals surface area (Å²) in [7, 11) is 1.48. The molecule has 1 saturated heterocycles. The number of benzene rings is 1. The van der Waals surface area contributed by atoms with Gasteiger partial charge in [0.1, 0.15) is 18.1 Å². The topological polar surface area (TPSA) is 120 Å². The zero-order valence-corrected chi connectivity index (χ0v) is 14.9. The number of hydrogen-bond acceptors (Lipinski definition) is 7. The van der Waals surface area contributed by atoms with Gasteiger partial charge in [-0.3, -0.25) is 14.2 Å². The summed E-state index contributed by atoms with van der Waals surface area (Å²) >= 11 is 0. The van der Waals surface area contributed by atoms with Gasteiger partial charge in [-0.15, -0.1) is 0 Å². The Morgan fingerprint density at radius 3 is 2.52 bits per heavy atom. The van der Waals surface area contributed by atoms with Crippen molar-refractivity contribution in [3.05, 3.63) is 62.4 Å². The van der Waals surface area contributed by atoms with Crippen molar-refractivity contribution in [2.45, 2.75) is 31.8 Å². The van der Waals surface area contributed by atoms with Gasteiger partial charge in [0.25, 0.3) is 11.5 Å². The van der Waals surface area contributed by atoms with Gasteiger partial charge in [0.2, 0.25) is 0 Å². The molecule has 9 heteroatoms. The van der Waals surface area contributed by atoms with Crippen LogP contribution in [0.2, 0.25) is 0 Å². The quantitative estimate of drug-likeness (QED) is 0.749. The van der Waals surface area contributed by atoms with Crippen molar-refractivity contribution in [2.24, 2.45) is 0 Å². The number of hydrogen-bond donors (Lipinski definition) is 2. The lowest BCUT2D eigenvalue weighted by atomic mass is 10.2. The van der Waals surface area contributed by atoms with Crippen molar-refractivity contribution in [3.63, 3.8) is 0 Å². The fourth-order valence-electron chi connectivity index (χ4n) is 3.00. The van der Waals surface area contributed by atoms with E-state index in [0.717, 1.165) is 4.57 Å². The minimum atomic E-state index is -0.954. The molecular weight excluding hydrogens is 356 g/mol. The molecule has 0 unspecified atom stereocenters. The number of aliphatic hydroxyl groups excluding tert-OH is 2. The normalized spacial score (nSPS) is 22.0. The number of methoxy groups -OCH3 is 1. The van der Waals surface area contributed by atoms with Gasteiger partial charge in [0.05, 0.1) is 19.8 Å². The third-order valence-corrected chi connectivity index (χ3v) is 4.52. The molecule has 3 atom stereocenters. The lowest BCUT2D eigenvalue weighted by molar-refractivity contribution is -0.0462. The van der Waals surface area contributed by atoms with E-state index in [9.17, 15) is 24.6 Å². The van der Waals surface area contributed by atoms with Gasteiger partial charge in [-0.2, -0.15) is 4.57 Å². The van der Waals surface area contributed by atoms with Crippen LogP contribution in [0, 0.1) is 6.92 Å². The van der Waals surface area contributed by atoms with Gasteiger partial charge in [-0.1, -0.05) is 0 Å². The van der Waals surface area contributed by atoms with Gasteiger partial charge < -0.3 is 19.7 Å². The third-order valence-electron chi connectivity index (χ3n) is 4.52. The molecule has 1 aliphatic rings. The number of ether oxygens (including phenoxy) is 2. The van der Waals surface area contributed by atoms with Crippen molar-refractivity contribution in [1.29, 1.82) is 0 Å². The third kappa shape index (κ3) is 3.44. The number of aryl methyl sites for hydroxylation is 1. The number of carbonyl (C=O) groups excluding carboxylic acids is 1. The average molecular weight is 376 g/mol. The lowest BCUT2D eigenvalue weighted by Crippen LogP contribution is -2.45. The van der Waals surface area contributed by atoms with Gasteiger partial charge in [0, 0.05) is 23.7 Å². The first kappa shape index (κ1) is 19.0. The Hall–Kier alpha value is -2.75. The Kier molecular flexibility index (Phi) is 5.26. The highest BCUT2D eigenvalue weighted by Crippen LogP contribution is 2.27. The van der Waals surface area contributed by atoms with Crippen molar-refractivity contribution < 1.29 is 24.5 Å². The Balaban J connectivity index is 2.05. The highest BCUT2D eigenvalue weighted by molar-refractivity contribution is 5.95. The van der Waals surface area contributed by atoms with Crippen LogP contribution in [-0.2, 0) is 4.74 Å². The van der Waals surface area contributed by atoms with Crippen LogP contribution in [0.4, 0.5) is 0 Å². The van der Waals surface area contributed by atoms with Gasteiger partial charge in [0.15, 0.2) is 0 Å². The summed E-state index contributed by atoms with van der Waals surface area (Å²) in [4.78, 5) is 38.0. The van der Waals surface area contributed by atoms with E-state index in [1.807, 2.05) is 0 Å². The van der Waals surface area contributed by atoms with E-state index in [1.165, 1.54) is 32.4 Å². The van der Waals surface area contributed by atoms with Crippen LogP contribution < -0.4 is 16.0 Å². The minimum absolute atomic E-state index is 0.0551. The van der Waals surface area contributed by atoms with Crippen LogP contribution in [0.1, 0.15) is 28.6 Å². The molecule has 2 N–H and O–H groups in total. The molecule has 0 aliphatic carbocycles. The van der Waals surface area contributed by atoms with Crippen LogP contribution in [0.15, 0.2) is 40.1 Å². The summed E-state index contributed by atoms with van der Waals surface area (Å²) in [6.45, 7) is 1.07. The zero-order chi connectivity index (χ0) is 19.7.